The van der Waals surface area contributed by atoms with Crippen molar-refractivity contribution in [3.05, 3.63) is 0 Å². The lowest BCUT2D eigenvalue weighted by Gasteiger charge is -2.15. The first-order valence-corrected chi connectivity index (χ1v) is 7.78. The lowest BCUT2D eigenvalue weighted by Crippen LogP contribution is -2.33. The molecule has 0 fully saturated rings. The predicted molar refractivity (Wildman–Crippen MR) is 77.0 cm³/mol. The highest BCUT2D eigenvalue weighted by atomic mass is 16.6. The van der Waals surface area contributed by atoms with Gasteiger partial charge in [0.1, 0.15) is 6.10 Å². The van der Waals surface area contributed by atoms with E-state index >= 15 is 0 Å². The largest absolute Gasteiger partial charge is 0.433 e. The maximum absolute atomic E-state index is 11.3. The fourth-order valence-electron chi connectivity index (χ4n) is 1.94. The number of rotatable bonds is 13. The third-order valence-corrected chi connectivity index (χ3v) is 3.25. The molecule has 5 heteroatoms. The van der Waals surface area contributed by atoms with Crippen molar-refractivity contribution in [2.75, 3.05) is 6.61 Å². The molecule has 0 aromatic rings. The highest BCUT2D eigenvalue weighted by molar-refractivity contribution is 5.69. The molecule has 0 aliphatic heterocycles. The van der Waals surface area contributed by atoms with E-state index in [4.69, 9.17) is 10.2 Å². The minimum absolute atomic E-state index is 0.241. The average molecular weight is 290 g/mol. The molecule has 0 spiro atoms. The Morgan fingerprint density at radius 2 is 1.45 bits per heavy atom. The molecule has 2 atom stereocenters. The predicted octanol–water partition coefficient (Wildman–Crippen LogP) is 2.12. The monoisotopic (exact) mass is 290 g/mol. The van der Waals surface area contributed by atoms with Crippen LogP contribution in [-0.2, 0) is 9.53 Å². The second-order valence-electron chi connectivity index (χ2n) is 5.21. The maximum Gasteiger partial charge on any atom is 0.308 e. The van der Waals surface area contributed by atoms with Crippen LogP contribution in [0.25, 0.3) is 0 Å². The highest BCUT2D eigenvalue weighted by Gasteiger charge is 2.19. The second-order valence-corrected chi connectivity index (χ2v) is 5.21. The number of carbonyl (C=O) groups excluding carboxylic acids is 1. The summed E-state index contributed by atoms with van der Waals surface area (Å²) in [7, 11) is 0. The van der Waals surface area contributed by atoms with Gasteiger partial charge in [0.25, 0.3) is 0 Å². The summed E-state index contributed by atoms with van der Waals surface area (Å²) in [5, 5.41) is 26.8. The van der Waals surface area contributed by atoms with E-state index in [0.717, 1.165) is 19.3 Å². The van der Waals surface area contributed by atoms with Gasteiger partial charge in [0.2, 0.25) is 6.29 Å². The molecule has 3 N–H and O–H groups in total. The number of hydrogen-bond acceptors (Lipinski definition) is 5. The number of aliphatic hydroxyl groups excluding tert-OH is 3. The van der Waals surface area contributed by atoms with Crippen LogP contribution in [0.15, 0.2) is 0 Å². The van der Waals surface area contributed by atoms with Gasteiger partial charge in [0.05, 0.1) is 6.61 Å². The Balaban J connectivity index is 3.35. The van der Waals surface area contributed by atoms with E-state index in [-0.39, 0.29) is 6.42 Å². The Labute approximate surface area is 122 Å². The molecule has 0 saturated carbocycles. The van der Waals surface area contributed by atoms with Gasteiger partial charge in [-0.2, -0.15) is 0 Å². The Hall–Kier alpha value is -0.650. The molecule has 5 nitrogen and oxygen atoms in total. The van der Waals surface area contributed by atoms with Gasteiger partial charge in [0, 0.05) is 6.42 Å². The molecule has 0 aromatic carbocycles. The number of hydrogen-bond donors (Lipinski definition) is 3. The van der Waals surface area contributed by atoms with Gasteiger partial charge in [-0.25, -0.2) is 0 Å². The highest BCUT2D eigenvalue weighted by Crippen LogP contribution is 2.11. The molecule has 0 bridgehead atoms. The zero-order chi connectivity index (χ0) is 15.2. The van der Waals surface area contributed by atoms with Crippen LogP contribution in [0.5, 0.6) is 0 Å². The molecule has 0 amide bonds. The van der Waals surface area contributed by atoms with E-state index in [1.807, 2.05) is 0 Å². The number of aliphatic hydroxyl groups is 3. The molecule has 2 unspecified atom stereocenters. The Kier molecular flexibility index (Phi) is 12.9. The Bertz CT molecular complexity index is 232. The van der Waals surface area contributed by atoms with Crippen molar-refractivity contribution in [1.29, 1.82) is 0 Å². The van der Waals surface area contributed by atoms with Crippen molar-refractivity contribution in [2.45, 2.75) is 83.5 Å². The SMILES string of the molecule is CCCCCCCCCCCC(=O)OC(O)C(O)CO. The summed E-state index contributed by atoms with van der Waals surface area (Å²) in [6.07, 6.45) is 7.63. The van der Waals surface area contributed by atoms with E-state index in [1.165, 1.54) is 38.5 Å². The van der Waals surface area contributed by atoms with Gasteiger partial charge in [-0.3, -0.25) is 4.79 Å². The Morgan fingerprint density at radius 3 is 1.95 bits per heavy atom. The van der Waals surface area contributed by atoms with Crippen LogP contribution in [0.4, 0.5) is 0 Å². The van der Waals surface area contributed by atoms with E-state index in [0.29, 0.717) is 0 Å². The maximum atomic E-state index is 11.3. The molecule has 0 aliphatic rings. The third-order valence-electron chi connectivity index (χ3n) is 3.25. The van der Waals surface area contributed by atoms with E-state index in [1.54, 1.807) is 0 Å². The molecule has 0 rings (SSSR count). The Morgan fingerprint density at radius 1 is 0.950 bits per heavy atom. The van der Waals surface area contributed by atoms with Crippen molar-refractivity contribution in [3.63, 3.8) is 0 Å². The van der Waals surface area contributed by atoms with Crippen LogP contribution in [0, 0.1) is 0 Å². The van der Waals surface area contributed by atoms with Crippen molar-refractivity contribution >= 4 is 5.97 Å². The first-order chi connectivity index (χ1) is 9.61. The lowest BCUT2D eigenvalue weighted by molar-refractivity contribution is -0.190. The van der Waals surface area contributed by atoms with Gasteiger partial charge >= 0.3 is 5.97 Å². The van der Waals surface area contributed by atoms with Crippen LogP contribution >= 0.6 is 0 Å². The smallest absolute Gasteiger partial charge is 0.308 e. The van der Waals surface area contributed by atoms with Gasteiger partial charge < -0.3 is 20.1 Å². The van der Waals surface area contributed by atoms with E-state index in [9.17, 15) is 9.90 Å². The molecule has 20 heavy (non-hydrogen) atoms. The third kappa shape index (κ3) is 11.2. The number of esters is 1. The summed E-state index contributed by atoms with van der Waals surface area (Å²) in [5.74, 6) is -0.534. The quantitative estimate of drug-likeness (QED) is 0.275. The molecular weight excluding hydrogens is 260 g/mol. The summed E-state index contributed by atoms with van der Waals surface area (Å²) < 4.78 is 4.58. The summed E-state index contributed by atoms with van der Waals surface area (Å²) in [4.78, 5) is 11.3. The molecule has 0 heterocycles. The molecule has 0 aliphatic carbocycles. The van der Waals surface area contributed by atoms with Gasteiger partial charge in [0.15, 0.2) is 0 Å². The van der Waals surface area contributed by atoms with Gasteiger partial charge in [-0.15, -0.1) is 0 Å². The summed E-state index contributed by atoms with van der Waals surface area (Å²) in [5.41, 5.74) is 0. The normalized spacial score (nSPS) is 14.0. The van der Waals surface area contributed by atoms with Crippen LogP contribution < -0.4 is 0 Å². The lowest BCUT2D eigenvalue weighted by atomic mass is 10.1. The van der Waals surface area contributed by atoms with Crippen LogP contribution in [0.2, 0.25) is 0 Å². The van der Waals surface area contributed by atoms with Gasteiger partial charge in [-0.1, -0.05) is 58.3 Å². The van der Waals surface area contributed by atoms with Crippen molar-refractivity contribution < 1.29 is 24.9 Å². The number of unbranched alkanes of at least 4 members (excludes halogenated alkanes) is 8. The summed E-state index contributed by atoms with van der Waals surface area (Å²) in [6.45, 7) is 1.57. The molecule has 0 saturated heterocycles. The van der Waals surface area contributed by atoms with Crippen LogP contribution in [0.3, 0.4) is 0 Å². The van der Waals surface area contributed by atoms with Crippen molar-refractivity contribution in [1.82, 2.24) is 0 Å². The van der Waals surface area contributed by atoms with Crippen LogP contribution in [-0.4, -0.2) is 40.3 Å². The number of carbonyl (C=O) groups is 1. The summed E-state index contributed by atoms with van der Waals surface area (Å²) >= 11 is 0. The average Bonchev–Trinajstić information content (AvgIpc) is 2.44. The molecular formula is C15H30O5. The fourth-order valence-corrected chi connectivity index (χ4v) is 1.94. The first kappa shape index (κ1) is 19.4. The van der Waals surface area contributed by atoms with E-state index < -0.39 is 25.0 Å². The topological polar surface area (TPSA) is 87.0 Å². The summed E-state index contributed by atoms with van der Waals surface area (Å²) in [6, 6.07) is 0. The minimum atomic E-state index is -1.63. The zero-order valence-electron chi connectivity index (χ0n) is 12.6. The number of ether oxygens (including phenoxy) is 1. The van der Waals surface area contributed by atoms with Gasteiger partial charge in [-0.05, 0) is 6.42 Å². The van der Waals surface area contributed by atoms with E-state index in [2.05, 4.69) is 11.7 Å². The van der Waals surface area contributed by atoms with Crippen molar-refractivity contribution in [3.8, 4) is 0 Å². The molecule has 0 aromatic heterocycles. The fraction of sp³-hybridized carbons (Fsp3) is 0.933. The second kappa shape index (κ2) is 13.3. The molecule has 120 valence electrons. The minimum Gasteiger partial charge on any atom is -0.433 e. The standard InChI is InChI=1S/C15H30O5/c1-2-3-4-5-6-7-8-9-10-11-14(18)20-15(19)13(17)12-16/h13,15-17,19H,2-12H2,1H3. The first-order valence-electron chi connectivity index (χ1n) is 7.78. The van der Waals surface area contributed by atoms with Crippen molar-refractivity contribution in [2.24, 2.45) is 0 Å². The zero-order valence-corrected chi connectivity index (χ0v) is 12.6. The molecule has 0 radical (unpaired) electrons. The van der Waals surface area contributed by atoms with Crippen LogP contribution in [0.1, 0.15) is 71.1 Å².